The van der Waals surface area contributed by atoms with Crippen molar-refractivity contribution in [2.45, 2.75) is 84.5 Å². The molecular formula is C22H32FNO4. The molecule has 1 aliphatic rings. The molecule has 0 spiro atoms. The van der Waals surface area contributed by atoms with Gasteiger partial charge in [-0.1, -0.05) is 12.5 Å². The van der Waals surface area contributed by atoms with Crippen molar-refractivity contribution in [1.29, 1.82) is 0 Å². The molecule has 0 saturated heterocycles. The summed E-state index contributed by atoms with van der Waals surface area (Å²) in [6.45, 7) is 10.6. The van der Waals surface area contributed by atoms with Crippen molar-refractivity contribution in [3.8, 4) is 0 Å². The molecule has 0 unspecified atom stereocenters. The molecule has 0 radical (unpaired) electrons. The van der Waals surface area contributed by atoms with E-state index in [2.05, 4.69) is 5.32 Å². The summed E-state index contributed by atoms with van der Waals surface area (Å²) in [5, 5.41) is 2.51. The second-order valence-electron chi connectivity index (χ2n) is 8.73. The molecule has 1 aromatic carbocycles. The van der Waals surface area contributed by atoms with Crippen molar-refractivity contribution in [3.05, 3.63) is 35.1 Å². The first-order valence-corrected chi connectivity index (χ1v) is 9.94. The fraction of sp³-hybridized carbons (Fsp3) is 0.636. The predicted octanol–water partition coefficient (Wildman–Crippen LogP) is 4.86. The van der Waals surface area contributed by atoms with Gasteiger partial charge in [-0.2, -0.15) is 0 Å². The fourth-order valence-electron chi connectivity index (χ4n) is 3.60. The van der Waals surface area contributed by atoms with Gasteiger partial charge in [0.2, 0.25) is 0 Å². The molecule has 6 heteroatoms. The van der Waals surface area contributed by atoms with E-state index in [9.17, 15) is 14.0 Å². The molecular weight excluding hydrogens is 361 g/mol. The third-order valence-corrected chi connectivity index (χ3v) is 5.14. The number of alkyl carbamates (subject to hydrolysis) is 1. The average Bonchev–Trinajstić information content (AvgIpc) is 2.49. The van der Waals surface area contributed by atoms with Crippen LogP contribution in [0.2, 0.25) is 0 Å². The van der Waals surface area contributed by atoms with Gasteiger partial charge in [0.1, 0.15) is 23.6 Å². The van der Waals surface area contributed by atoms with Crippen LogP contribution in [0.25, 0.3) is 0 Å². The van der Waals surface area contributed by atoms with E-state index in [1.54, 1.807) is 33.8 Å². The van der Waals surface area contributed by atoms with E-state index < -0.39 is 23.7 Å². The van der Waals surface area contributed by atoms with Crippen molar-refractivity contribution in [2.24, 2.45) is 5.92 Å². The molecule has 1 aliphatic carbocycles. The van der Waals surface area contributed by atoms with E-state index in [1.165, 1.54) is 12.1 Å². The Morgan fingerprint density at radius 3 is 2.36 bits per heavy atom. The second kappa shape index (κ2) is 8.93. The first-order chi connectivity index (χ1) is 13.0. The van der Waals surface area contributed by atoms with Crippen molar-refractivity contribution in [2.75, 3.05) is 0 Å². The van der Waals surface area contributed by atoms with Gasteiger partial charge >= 0.3 is 12.1 Å². The summed E-state index contributed by atoms with van der Waals surface area (Å²) >= 11 is 0. The van der Waals surface area contributed by atoms with E-state index >= 15 is 0 Å². The molecule has 28 heavy (non-hydrogen) atoms. The Bertz CT molecular complexity index is 709. The van der Waals surface area contributed by atoms with Crippen LogP contribution < -0.4 is 5.32 Å². The number of aryl methyl sites for hydroxylation is 1. The average molecular weight is 393 g/mol. The predicted molar refractivity (Wildman–Crippen MR) is 106 cm³/mol. The third kappa shape index (κ3) is 5.94. The van der Waals surface area contributed by atoms with Crippen LogP contribution in [0, 0.1) is 18.7 Å². The molecule has 156 valence electrons. The number of halogens is 1. The summed E-state index contributed by atoms with van der Waals surface area (Å²) in [5.74, 6) is -0.371. The number of rotatable bonds is 6. The number of esters is 1. The number of nitrogens with one attached hydrogen (secondary N) is 1. The van der Waals surface area contributed by atoms with E-state index in [1.807, 2.05) is 13.8 Å². The van der Waals surface area contributed by atoms with Gasteiger partial charge < -0.3 is 14.8 Å². The maximum absolute atomic E-state index is 13.5. The zero-order valence-corrected chi connectivity index (χ0v) is 17.7. The third-order valence-electron chi connectivity index (χ3n) is 5.14. The molecule has 3 atom stereocenters. The maximum atomic E-state index is 13.5. The molecule has 1 fully saturated rings. The lowest BCUT2D eigenvalue weighted by Gasteiger charge is -2.38. The SMILES string of the molecule is Cc1cc(F)ccc1[C@H](C1CCC1)[C@H](C)OC(=O)[C@H](C)NC(=O)OC(C)(C)C. The Morgan fingerprint density at radius 2 is 1.86 bits per heavy atom. The Kier molecular flexibility index (Phi) is 7.07. The quantitative estimate of drug-likeness (QED) is 0.701. The Hall–Kier alpha value is -2.11. The van der Waals surface area contributed by atoms with Gasteiger partial charge in [-0.3, -0.25) is 0 Å². The zero-order chi connectivity index (χ0) is 21.1. The van der Waals surface area contributed by atoms with Gasteiger partial charge in [0.05, 0.1) is 0 Å². The van der Waals surface area contributed by atoms with Crippen LogP contribution in [-0.2, 0) is 14.3 Å². The molecule has 5 nitrogen and oxygen atoms in total. The normalized spacial score (nSPS) is 17.8. The van der Waals surface area contributed by atoms with Crippen molar-refractivity contribution in [3.63, 3.8) is 0 Å². The van der Waals surface area contributed by atoms with Crippen LogP contribution in [0.15, 0.2) is 18.2 Å². The summed E-state index contributed by atoms with van der Waals surface area (Å²) in [4.78, 5) is 24.4. The van der Waals surface area contributed by atoms with Gasteiger partial charge in [-0.25, -0.2) is 14.0 Å². The molecule has 1 amide bonds. The Labute approximate surface area is 167 Å². The van der Waals surface area contributed by atoms with Crippen LogP contribution in [-0.4, -0.2) is 29.8 Å². The van der Waals surface area contributed by atoms with Crippen LogP contribution in [0.1, 0.15) is 70.9 Å². The minimum absolute atomic E-state index is 0.00651. The highest BCUT2D eigenvalue weighted by atomic mass is 19.1. The smallest absolute Gasteiger partial charge is 0.408 e. The monoisotopic (exact) mass is 393 g/mol. The van der Waals surface area contributed by atoms with Crippen LogP contribution in [0.3, 0.4) is 0 Å². The molecule has 1 N–H and O–H groups in total. The standard InChI is InChI=1S/C22H32FNO4/c1-13-12-17(23)10-11-18(13)19(16-8-7-9-16)15(3)27-20(25)14(2)24-21(26)28-22(4,5)6/h10-12,14-16,19H,7-9H2,1-6H3,(H,24,26)/t14-,15-,19-/m0/s1. The minimum atomic E-state index is -0.825. The zero-order valence-electron chi connectivity index (χ0n) is 17.7. The van der Waals surface area contributed by atoms with Gasteiger partial charge in [0, 0.05) is 5.92 Å². The van der Waals surface area contributed by atoms with Gasteiger partial charge in [0.25, 0.3) is 0 Å². The van der Waals surface area contributed by atoms with E-state index in [0.29, 0.717) is 5.92 Å². The molecule has 2 rings (SSSR count). The van der Waals surface area contributed by atoms with E-state index in [-0.39, 0.29) is 17.8 Å². The summed E-state index contributed by atoms with van der Waals surface area (Å²) in [5.41, 5.74) is 1.23. The van der Waals surface area contributed by atoms with Gasteiger partial charge in [0.15, 0.2) is 0 Å². The number of carbonyl (C=O) groups excluding carboxylic acids is 2. The Morgan fingerprint density at radius 1 is 1.21 bits per heavy atom. The number of benzene rings is 1. The highest BCUT2D eigenvalue weighted by Gasteiger charge is 2.36. The maximum Gasteiger partial charge on any atom is 0.408 e. The molecule has 1 aromatic rings. The molecule has 1 saturated carbocycles. The second-order valence-corrected chi connectivity index (χ2v) is 8.73. The number of carbonyl (C=O) groups is 2. The minimum Gasteiger partial charge on any atom is -0.460 e. The summed E-state index contributed by atoms with van der Waals surface area (Å²) in [6, 6.07) is 3.94. The summed E-state index contributed by atoms with van der Waals surface area (Å²) in [7, 11) is 0. The lowest BCUT2D eigenvalue weighted by molar-refractivity contribution is -0.152. The van der Waals surface area contributed by atoms with Crippen molar-refractivity contribution >= 4 is 12.1 Å². The topological polar surface area (TPSA) is 64.6 Å². The van der Waals surface area contributed by atoms with Crippen LogP contribution in [0.4, 0.5) is 9.18 Å². The largest absolute Gasteiger partial charge is 0.460 e. The van der Waals surface area contributed by atoms with E-state index in [0.717, 1.165) is 30.4 Å². The number of hydrogen-bond donors (Lipinski definition) is 1. The fourth-order valence-corrected chi connectivity index (χ4v) is 3.60. The summed E-state index contributed by atoms with van der Waals surface area (Å²) in [6.07, 6.45) is 2.24. The van der Waals surface area contributed by atoms with E-state index in [4.69, 9.17) is 9.47 Å². The molecule has 0 heterocycles. The van der Waals surface area contributed by atoms with Gasteiger partial charge in [-0.05, 0) is 83.6 Å². The van der Waals surface area contributed by atoms with Gasteiger partial charge in [-0.15, -0.1) is 0 Å². The molecule has 0 bridgehead atoms. The number of ether oxygens (including phenoxy) is 2. The van der Waals surface area contributed by atoms with Crippen molar-refractivity contribution in [1.82, 2.24) is 5.32 Å². The molecule has 0 aromatic heterocycles. The van der Waals surface area contributed by atoms with Crippen molar-refractivity contribution < 1.29 is 23.5 Å². The lowest BCUT2D eigenvalue weighted by atomic mass is 9.70. The van der Waals surface area contributed by atoms with Crippen LogP contribution >= 0.6 is 0 Å². The first-order valence-electron chi connectivity index (χ1n) is 9.94. The summed E-state index contributed by atoms with van der Waals surface area (Å²) < 4.78 is 24.4. The van der Waals surface area contributed by atoms with Crippen LogP contribution in [0.5, 0.6) is 0 Å². The number of hydrogen-bond acceptors (Lipinski definition) is 4. The highest BCUT2D eigenvalue weighted by molar-refractivity contribution is 5.81. The first kappa shape index (κ1) is 22.2. The Balaban J connectivity index is 2.05. The number of amides is 1. The highest BCUT2D eigenvalue weighted by Crippen LogP contribution is 2.43. The molecule has 0 aliphatic heterocycles. The lowest BCUT2D eigenvalue weighted by Crippen LogP contribution is -2.44.